The normalized spacial score (nSPS) is 15.7. The number of benzene rings is 9. The first-order chi connectivity index (χ1) is 30.8. The number of anilines is 3. The number of rotatable bonds is 6. The Hall–Kier alpha value is -7.22. The van der Waals surface area contributed by atoms with Crippen LogP contribution in [0.4, 0.5) is 17.1 Å². The second kappa shape index (κ2) is 14.2. The SMILES string of the molecule is CC1(C)c2ccccc2-c2cc3c(cc21)C(c1ccccc1)Cc1ccc(-c2ccc(N(c4ccc(-c5ccccc5)cc4)c4cccc5c4C(C)(C)c4ccccc4-5)cc2)cc1-3. The van der Waals surface area contributed by atoms with Crippen molar-refractivity contribution < 1.29 is 0 Å². The molecule has 0 radical (unpaired) electrons. The van der Waals surface area contributed by atoms with Gasteiger partial charge in [-0.3, -0.25) is 0 Å². The van der Waals surface area contributed by atoms with Crippen LogP contribution in [-0.2, 0) is 17.3 Å². The summed E-state index contributed by atoms with van der Waals surface area (Å²) in [6.45, 7) is 9.55. The van der Waals surface area contributed by atoms with Crippen LogP contribution in [0.15, 0.2) is 206 Å². The molecule has 1 nitrogen and oxygen atoms in total. The summed E-state index contributed by atoms with van der Waals surface area (Å²) < 4.78 is 0. The topological polar surface area (TPSA) is 3.24 Å². The van der Waals surface area contributed by atoms with Gasteiger partial charge in [0.15, 0.2) is 0 Å². The summed E-state index contributed by atoms with van der Waals surface area (Å²) in [5.41, 5.74) is 26.1. The standard InChI is InChI=1S/C62H49N/c1-61(2)56-23-13-12-21-49(56)55-38-53-52-36-44(26-27-45(52)37-51(54(53)39-58(55)61)43-18-9-6-10-19-43)42-30-34-47(35-31-42)63(46-32-28-41(29-33-46)40-16-7-5-8-17-40)59-25-15-22-50-48-20-11-14-24-57(48)62(3,4)60(50)59/h5-36,38-39,51H,37H2,1-4H3. The Morgan fingerprint density at radius 1 is 0.381 bits per heavy atom. The van der Waals surface area contributed by atoms with Gasteiger partial charge < -0.3 is 4.90 Å². The van der Waals surface area contributed by atoms with E-state index in [0.29, 0.717) is 5.92 Å². The molecule has 12 rings (SSSR count). The van der Waals surface area contributed by atoms with Gasteiger partial charge in [-0.2, -0.15) is 0 Å². The van der Waals surface area contributed by atoms with Gasteiger partial charge in [-0.1, -0.05) is 191 Å². The van der Waals surface area contributed by atoms with E-state index in [-0.39, 0.29) is 10.8 Å². The lowest BCUT2D eigenvalue weighted by atomic mass is 9.72. The third-order valence-corrected chi connectivity index (χ3v) is 14.6. The molecule has 3 aliphatic carbocycles. The average molecular weight is 808 g/mol. The molecule has 0 spiro atoms. The molecule has 1 heteroatoms. The number of nitrogens with zero attached hydrogens (tertiary/aromatic N) is 1. The molecule has 1 unspecified atom stereocenters. The maximum atomic E-state index is 2.56. The molecule has 9 aromatic rings. The quantitative estimate of drug-likeness (QED) is 0.162. The molecule has 0 amide bonds. The lowest BCUT2D eigenvalue weighted by Crippen LogP contribution is -2.20. The van der Waals surface area contributed by atoms with Crippen molar-refractivity contribution in [2.45, 2.75) is 50.9 Å². The summed E-state index contributed by atoms with van der Waals surface area (Å²) in [7, 11) is 0. The fourth-order valence-electron chi connectivity index (χ4n) is 11.5. The van der Waals surface area contributed by atoms with Crippen LogP contribution in [0.25, 0.3) is 55.6 Å². The van der Waals surface area contributed by atoms with E-state index >= 15 is 0 Å². The van der Waals surface area contributed by atoms with Gasteiger partial charge >= 0.3 is 0 Å². The van der Waals surface area contributed by atoms with E-state index in [2.05, 4.69) is 239 Å². The number of hydrogen-bond donors (Lipinski definition) is 0. The molecule has 0 heterocycles. The van der Waals surface area contributed by atoms with Gasteiger partial charge in [0.2, 0.25) is 0 Å². The molecular formula is C62H49N. The van der Waals surface area contributed by atoms with Crippen LogP contribution in [0.5, 0.6) is 0 Å². The van der Waals surface area contributed by atoms with E-state index in [1.54, 1.807) is 0 Å². The molecule has 0 N–H and O–H groups in total. The minimum Gasteiger partial charge on any atom is -0.310 e. The highest BCUT2D eigenvalue weighted by atomic mass is 15.1. The zero-order valence-corrected chi connectivity index (χ0v) is 36.4. The van der Waals surface area contributed by atoms with Gasteiger partial charge in [0, 0.05) is 28.1 Å². The van der Waals surface area contributed by atoms with E-state index in [4.69, 9.17) is 0 Å². The smallest absolute Gasteiger partial charge is 0.0508 e. The van der Waals surface area contributed by atoms with Crippen molar-refractivity contribution >= 4 is 17.1 Å². The van der Waals surface area contributed by atoms with Crippen LogP contribution in [0, 0.1) is 0 Å². The van der Waals surface area contributed by atoms with Crippen molar-refractivity contribution in [1.82, 2.24) is 0 Å². The Morgan fingerprint density at radius 2 is 0.921 bits per heavy atom. The molecular weight excluding hydrogens is 759 g/mol. The Bertz CT molecular complexity index is 3230. The molecule has 1 atom stereocenters. The molecule has 9 aromatic carbocycles. The summed E-state index contributed by atoms with van der Waals surface area (Å²) in [5.74, 6) is 0.300. The molecule has 63 heavy (non-hydrogen) atoms. The van der Waals surface area contributed by atoms with Crippen LogP contribution >= 0.6 is 0 Å². The monoisotopic (exact) mass is 807 g/mol. The summed E-state index contributed by atoms with van der Waals surface area (Å²) in [6, 6.07) is 77.3. The van der Waals surface area contributed by atoms with Crippen molar-refractivity contribution in [1.29, 1.82) is 0 Å². The Morgan fingerprint density at radius 3 is 1.60 bits per heavy atom. The minimum atomic E-state index is -0.165. The molecule has 0 bridgehead atoms. The van der Waals surface area contributed by atoms with Crippen LogP contribution in [0.2, 0.25) is 0 Å². The van der Waals surface area contributed by atoms with Crippen molar-refractivity contribution in [2.24, 2.45) is 0 Å². The molecule has 0 saturated heterocycles. The van der Waals surface area contributed by atoms with Crippen molar-refractivity contribution in [3.63, 3.8) is 0 Å². The third-order valence-electron chi connectivity index (χ3n) is 14.6. The molecule has 0 aromatic heterocycles. The van der Waals surface area contributed by atoms with Gasteiger partial charge in [0.1, 0.15) is 0 Å². The zero-order valence-electron chi connectivity index (χ0n) is 36.4. The second-order valence-corrected chi connectivity index (χ2v) is 18.9. The highest BCUT2D eigenvalue weighted by molar-refractivity contribution is 5.92. The van der Waals surface area contributed by atoms with E-state index in [0.717, 1.165) is 17.8 Å². The number of fused-ring (bicyclic) bond motifs is 9. The highest BCUT2D eigenvalue weighted by Gasteiger charge is 2.40. The van der Waals surface area contributed by atoms with E-state index in [1.807, 2.05) is 0 Å². The predicted molar refractivity (Wildman–Crippen MR) is 265 cm³/mol. The largest absolute Gasteiger partial charge is 0.310 e. The lowest BCUT2D eigenvalue weighted by molar-refractivity contribution is 0.657. The summed E-state index contributed by atoms with van der Waals surface area (Å²) in [5, 5.41) is 0. The maximum absolute atomic E-state index is 2.56. The summed E-state index contributed by atoms with van der Waals surface area (Å²) in [6.07, 6.45) is 0.983. The first kappa shape index (κ1) is 37.5. The Balaban J connectivity index is 0.971. The lowest BCUT2D eigenvalue weighted by Gasteiger charge is -2.32. The Kier molecular flexibility index (Phi) is 8.44. The van der Waals surface area contributed by atoms with Gasteiger partial charge in [-0.05, 0) is 143 Å². The van der Waals surface area contributed by atoms with Crippen molar-refractivity contribution in [3.05, 3.63) is 245 Å². The van der Waals surface area contributed by atoms with Crippen LogP contribution in [-0.4, -0.2) is 0 Å². The fraction of sp³-hybridized carbons (Fsp3) is 0.129. The molecule has 302 valence electrons. The average Bonchev–Trinajstić information content (AvgIpc) is 3.71. The minimum absolute atomic E-state index is 0.0521. The first-order valence-corrected chi connectivity index (χ1v) is 22.5. The van der Waals surface area contributed by atoms with Crippen LogP contribution < -0.4 is 4.90 Å². The molecule has 0 saturated carbocycles. The van der Waals surface area contributed by atoms with Crippen molar-refractivity contribution in [3.8, 4) is 55.6 Å². The van der Waals surface area contributed by atoms with Gasteiger partial charge in [-0.15, -0.1) is 0 Å². The first-order valence-electron chi connectivity index (χ1n) is 22.5. The fourth-order valence-corrected chi connectivity index (χ4v) is 11.5. The van der Waals surface area contributed by atoms with Gasteiger partial charge in [-0.25, -0.2) is 0 Å². The van der Waals surface area contributed by atoms with Gasteiger partial charge in [0.05, 0.1) is 5.69 Å². The number of hydrogen-bond acceptors (Lipinski definition) is 1. The van der Waals surface area contributed by atoms with E-state index in [1.165, 1.54) is 100 Å². The maximum Gasteiger partial charge on any atom is 0.0508 e. The summed E-state index contributed by atoms with van der Waals surface area (Å²) in [4.78, 5) is 2.47. The zero-order chi connectivity index (χ0) is 42.5. The van der Waals surface area contributed by atoms with E-state index < -0.39 is 0 Å². The predicted octanol–water partition coefficient (Wildman–Crippen LogP) is 16.5. The highest BCUT2D eigenvalue weighted by Crippen LogP contribution is 2.56. The van der Waals surface area contributed by atoms with E-state index in [9.17, 15) is 0 Å². The Labute approximate surface area is 372 Å². The van der Waals surface area contributed by atoms with Crippen molar-refractivity contribution in [2.75, 3.05) is 4.90 Å². The van der Waals surface area contributed by atoms with Crippen LogP contribution in [0.1, 0.15) is 72.6 Å². The second-order valence-electron chi connectivity index (χ2n) is 18.9. The third kappa shape index (κ3) is 5.83. The molecule has 3 aliphatic rings. The summed E-state index contributed by atoms with van der Waals surface area (Å²) >= 11 is 0. The molecule has 0 aliphatic heterocycles. The molecule has 0 fully saturated rings. The van der Waals surface area contributed by atoms with Crippen LogP contribution in [0.3, 0.4) is 0 Å². The van der Waals surface area contributed by atoms with Gasteiger partial charge in [0.25, 0.3) is 0 Å².